The molecule has 6 heavy (non-hydrogen) atoms. The van der Waals surface area contributed by atoms with Gasteiger partial charge in [-0.15, -0.1) is 12.4 Å². The van der Waals surface area contributed by atoms with Gasteiger partial charge >= 0.3 is 0 Å². The monoisotopic (exact) mass is 124 g/mol. The van der Waals surface area contributed by atoms with Crippen LogP contribution in [0.1, 0.15) is 13.8 Å². The zero-order chi connectivity index (χ0) is 4.12. The van der Waals surface area contributed by atoms with Crippen LogP contribution < -0.4 is 0 Å². The van der Waals surface area contributed by atoms with Gasteiger partial charge in [-0.1, -0.05) is 25.9 Å². The molecular weight excluding hydrogens is 112 g/mol. The van der Waals surface area contributed by atoms with Crippen molar-refractivity contribution in [3.8, 4) is 0 Å². The lowest BCUT2D eigenvalue weighted by molar-refractivity contribution is 1.36. The van der Waals surface area contributed by atoms with Crippen LogP contribution in [0.4, 0.5) is 0 Å². The SMILES string of the molecule is CC[SiH2]CC.Cl. The van der Waals surface area contributed by atoms with Crippen molar-refractivity contribution < 1.29 is 0 Å². The lowest BCUT2D eigenvalue weighted by Crippen LogP contribution is -1.76. The zero-order valence-electron chi connectivity index (χ0n) is 4.53. The fraction of sp³-hybridized carbons (Fsp3) is 1.00. The molecule has 0 rings (SSSR count). The van der Waals surface area contributed by atoms with Crippen molar-refractivity contribution >= 4 is 21.9 Å². The van der Waals surface area contributed by atoms with Crippen molar-refractivity contribution in [1.82, 2.24) is 0 Å². The van der Waals surface area contributed by atoms with E-state index in [1.54, 1.807) is 0 Å². The Bertz CT molecular complexity index is 15.0. The molecule has 40 valence electrons. The Morgan fingerprint density at radius 1 is 1.17 bits per heavy atom. The second-order valence-electron chi connectivity index (χ2n) is 1.35. The second kappa shape index (κ2) is 9.10. The van der Waals surface area contributed by atoms with E-state index in [0.29, 0.717) is 9.52 Å². The van der Waals surface area contributed by atoms with Crippen molar-refractivity contribution in [2.45, 2.75) is 25.9 Å². The average molecular weight is 125 g/mol. The fourth-order valence-corrected chi connectivity index (χ4v) is 1.06. The lowest BCUT2D eigenvalue weighted by atomic mass is 11.0. The molecule has 0 aromatic carbocycles. The molecule has 0 bridgehead atoms. The summed E-state index contributed by atoms with van der Waals surface area (Å²) in [5.74, 6) is 0. The van der Waals surface area contributed by atoms with Gasteiger partial charge in [-0.05, 0) is 0 Å². The summed E-state index contributed by atoms with van der Waals surface area (Å²) in [5, 5.41) is 0. The number of halogens is 1. The summed E-state index contributed by atoms with van der Waals surface area (Å²) in [4.78, 5) is 0. The number of rotatable bonds is 2. The van der Waals surface area contributed by atoms with Gasteiger partial charge in [0.25, 0.3) is 0 Å². The molecule has 0 N–H and O–H groups in total. The summed E-state index contributed by atoms with van der Waals surface area (Å²) in [6, 6.07) is 2.97. The minimum Gasteiger partial charge on any atom is -0.147 e. The van der Waals surface area contributed by atoms with Gasteiger partial charge in [-0.3, -0.25) is 0 Å². The molecule has 2 heteroatoms. The normalized spacial score (nSPS) is 7.00. The van der Waals surface area contributed by atoms with E-state index in [2.05, 4.69) is 13.8 Å². The average Bonchev–Trinajstić information content (AvgIpc) is 1.41. The minimum atomic E-state index is 0. The second-order valence-corrected chi connectivity index (χ2v) is 4.06. The van der Waals surface area contributed by atoms with Crippen molar-refractivity contribution in [2.24, 2.45) is 0 Å². The summed E-state index contributed by atoms with van der Waals surface area (Å²) in [6.45, 7) is 4.55. The molecule has 0 aromatic rings. The Morgan fingerprint density at radius 2 is 1.50 bits per heavy atom. The standard InChI is InChI=1S/C4H12Si.ClH/c1-3-5-4-2;/h3-5H2,1-2H3;1H. The van der Waals surface area contributed by atoms with Crippen LogP contribution in [0.5, 0.6) is 0 Å². The van der Waals surface area contributed by atoms with E-state index in [4.69, 9.17) is 0 Å². The predicted molar refractivity (Wildman–Crippen MR) is 36.8 cm³/mol. The Kier molecular flexibility index (Phi) is 14.7. The van der Waals surface area contributed by atoms with Gasteiger partial charge in [0.2, 0.25) is 0 Å². The summed E-state index contributed by atoms with van der Waals surface area (Å²) < 4.78 is 0. The van der Waals surface area contributed by atoms with Gasteiger partial charge in [-0.25, -0.2) is 0 Å². The third-order valence-corrected chi connectivity index (χ3v) is 2.12. The van der Waals surface area contributed by atoms with Gasteiger partial charge in [0.1, 0.15) is 0 Å². The molecule has 0 unspecified atom stereocenters. The van der Waals surface area contributed by atoms with E-state index < -0.39 is 0 Å². The van der Waals surface area contributed by atoms with Crippen molar-refractivity contribution in [1.29, 1.82) is 0 Å². The van der Waals surface area contributed by atoms with Crippen LogP contribution in [0.25, 0.3) is 0 Å². The van der Waals surface area contributed by atoms with Crippen molar-refractivity contribution in [3.63, 3.8) is 0 Å². The minimum absolute atomic E-state index is 0. The highest BCUT2D eigenvalue weighted by molar-refractivity contribution is 6.34. The van der Waals surface area contributed by atoms with Gasteiger partial charge < -0.3 is 0 Å². The summed E-state index contributed by atoms with van der Waals surface area (Å²) in [5.41, 5.74) is 0. The number of hydrogen-bond acceptors (Lipinski definition) is 0. The van der Waals surface area contributed by atoms with Gasteiger partial charge in [-0.2, -0.15) is 0 Å². The number of hydrogen-bond donors (Lipinski definition) is 0. The van der Waals surface area contributed by atoms with Gasteiger partial charge in [0.05, 0.1) is 0 Å². The molecule has 0 heterocycles. The first-order chi connectivity index (χ1) is 2.41. The molecule has 0 aromatic heterocycles. The first-order valence-corrected chi connectivity index (χ1v) is 4.41. The molecule has 0 aliphatic carbocycles. The topological polar surface area (TPSA) is 0 Å². The Hall–Kier alpha value is 0.507. The lowest BCUT2D eigenvalue weighted by Gasteiger charge is -1.77. The van der Waals surface area contributed by atoms with Gasteiger partial charge in [0.15, 0.2) is 0 Å². The highest BCUT2D eigenvalue weighted by Crippen LogP contribution is 1.77. The Labute approximate surface area is 48.6 Å². The molecular formula is C4H13ClSi. The van der Waals surface area contributed by atoms with E-state index in [-0.39, 0.29) is 12.4 Å². The Morgan fingerprint density at radius 3 is 1.50 bits per heavy atom. The third-order valence-electron chi connectivity index (χ3n) is 0.707. The molecule has 0 saturated heterocycles. The molecule has 0 atom stereocenters. The maximum absolute atomic E-state index is 2.27. The van der Waals surface area contributed by atoms with E-state index >= 15 is 0 Å². The quantitative estimate of drug-likeness (QED) is 0.489. The summed E-state index contributed by atoms with van der Waals surface area (Å²) in [6.07, 6.45) is 0. The smallest absolute Gasteiger partial charge is 0.0192 e. The van der Waals surface area contributed by atoms with E-state index in [0.717, 1.165) is 0 Å². The molecule has 0 aliphatic rings. The first kappa shape index (κ1) is 9.71. The predicted octanol–water partition coefficient (Wildman–Crippen LogP) is 1.45. The van der Waals surface area contributed by atoms with E-state index in [9.17, 15) is 0 Å². The summed E-state index contributed by atoms with van der Waals surface area (Å²) in [7, 11) is 0.432. The van der Waals surface area contributed by atoms with Crippen LogP contribution in [-0.2, 0) is 0 Å². The van der Waals surface area contributed by atoms with Crippen molar-refractivity contribution in [2.75, 3.05) is 0 Å². The summed E-state index contributed by atoms with van der Waals surface area (Å²) >= 11 is 0. The van der Waals surface area contributed by atoms with Crippen LogP contribution in [0.2, 0.25) is 12.1 Å². The zero-order valence-corrected chi connectivity index (χ0v) is 6.76. The molecule has 0 nitrogen and oxygen atoms in total. The van der Waals surface area contributed by atoms with E-state index in [1.807, 2.05) is 0 Å². The van der Waals surface area contributed by atoms with Gasteiger partial charge in [0, 0.05) is 9.52 Å². The van der Waals surface area contributed by atoms with E-state index in [1.165, 1.54) is 12.1 Å². The maximum Gasteiger partial charge on any atom is 0.0192 e. The molecule has 0 radical (unpaired) electrons. The van der Waals surface area contributed by atoms with Crippen LogP contribution in [0, 0.1) is 0 Å². The highest BCUT2D eigenvalue weighted by atomic mass is 35.5. The molecule has 0 fully saturated rings. The Balaban J connectivity index is 0. The van der Waals surface area contributed by atoms with Crippen LogP contribution in [0.15, 0.2) is 0 Å². The largest absolute Gasteiger partial charge is 0.147 e. The molecule has 0 saturated carbocycles. The maximum atomic E-state index is 2.27. The van der Waals surface area contributed by atoms with Crippen LogP contribution >= 0.6 is 12.4 Å². The van der Waals surface area contributed by atoms with Crippen LogP contribution in [0.3, 0.4) is 0 Å². The third kappa shape index (κ3) is 8.82. The fourth-order valence-electron chi connectivity index (χ4n) is 0.354. The molecule has 0 spiro atoms. The molecule has 0 amide bonds. The first-order valence-electron chi connectivity index (χ1n) is 2.41. The van der Waals surface area contributed by atoms with Crippen molar-refractivity contribution in [3.05, 3.63) is 0 Å². The molecule has 0 aliphatic heterocycles. The van der Waals surface area contributed by atoms with Crippen LogP contribution in [-0.4, -0.2) is 9.52 Å². The highest BCUT2D eigenvalue weighted by Gasteiger charge is 1.70.